The van der Waals surface area contributed by atoms with E-state index in [9.17, 15) is 14.4 Å². The summed E-state index contributed by atoms with van der Waals surface area (Å²) in [5.41, 5.74) is 1.50. The zero-order valence-electron chi connectivity index (χ0n) is 14.9. The maximum Gasteiger partial charge on any atom is 0.339 e. The van der Waals surface area contributed by atoms with Crippen LogP contribution in [-0.4, -0.2) is 23.9 Å². The fourth-order valence-corrected chi connectivity index (χ4v) is 3.27. The van der Waals surface area contributed by atoms with Gasteiger partial charge in [0.05, 0.1) is 11.3 Å². The molecule has 0 radical (unpaired) electrons. The predicted octanol–water partition coefficient (Wildman–Crippen LogP) is 3.71. The lowest BCUT2D eigenvalue weighted by atomic mass is 9.94. The lowest BCUT2D eigenvalue weighted by molar-refractivity contribution is 0.0435. The summed E-state index contributed by atoms with van der Waals surface area (Å²) in [7, 11) is 0. The molecule has 1 aliphatic heterocycles. The highest BCUT2D eigenvalue weighted by atomic mass is 16.5. The van der Waals surface area contributed by atoms with Crippen LogP contribution in [0, 0.1) is 11.3 Å². The second kappa shape index (κ2) is 6.63. The van der Waals surface area contributed by atoms with Crippen molar-refractivity contribution in [3.05, 3.63) is 77.4 Å². The van der Waals surface area contributed by atoms with E-state index in [0.29, 0.717) is 22.2 Å². The van der Waals surface area contributed by atoms with E-state index in [1.807, 2.05) is 18.2 Å². The van der Waals surface area contributed by atoms with E-state index in [2.05, 4.69) is 0 Å². The molecule has 0 saturated heterocycles. The highest BCUT2D eigenvalue weighted by molar-refractivity contribution is 6.35. The summed E-state index contributed by atoms with van der Waals surface area (Å²) in [5.74, 6) is -1.47. The van der Waals surface area contributed by atoms with Crippen LogP contribution >= 0.6 is 0 Å². The van der Waals surface area contributed by atoms with Crippen molar-refractivity contribution in [1.82, 2.24) is 0 Å². The summed E-state index contributed by atoms with van der Waals surface area (Å²) in [6.07, 6.45) is -0.866. The molecule has 6 heteroatoms. The topological polar surface area (TPSA) is 87.5 Å². The van der Waals surface area contributed by atoms with Crippen LogP contribution in [0.4, 0.5) is 5.69 Å². The molecule has 0 aliphatic carbocycles. The summed E-state index contributed by atoms with van der Waals surface area (Å²) >= 11 is 0. The molecule has 1 aliphatic rings. The van der Waals surface area contributed by atoms with Gasteiger partial charge in [0.25, 0.3) is 11.8 Å². The van der Waals surface area contributed by atoms with Crippen LogP contribution in [-0.2, 0) is 4.74 Å². The number of rotatable bonds is 3. The maximum atomic E-state index is 13.0. The number of anilines is 1. The van der Waals surface area contributed by atoms with Crippen molar-refractivity contribution in [3.63, 3.8) is 0 Å². The number of nitriles is 1. The molecular formula is C22H14N2O4. The Kier molecular flexibility index (Phi) is 4.13. The monoisotopic (exact) mass is 370 g/mol. The van der Waals surface area contributed by atoms with Crippen LogP contribution in [0.1, 0.15) is 38.0 Å². The molecule has 1 atom stereocenters. The molecule has 28 heavy (non-hydrogen) atoms. The number of benzene rings is 3. The number of ether oxygens (including phenoxy) is 1. The molecular weight excluding hydrogens is 356 g/mol. The first-order valence-electron chi connectivity index (χ1n) is 8.62. The summed E-state index contributed by atoms with van der Waals surface area (Å²) in [6, 6.07) is 18.4. The molecule has 0 bridgehead atoms. The summed E-state index contributed by atoms with van der Waals surface area (Å²) in [6.45, 7) is 1.47. The lowest BCUT2D eigenvalue weighted by Gasteiger charge is -2.27. The second-order valence-corrected chi connectivity index (χ2v) is 6.38. The van der Waals surface area contributed by atoms with Crippen molar-refractivity contribution in [2.75, 3.05) is 4.90 Å². The van der Waals surface area contributed by atoms with Crippen molar-refractivity contribution in [3.8, 4) is 6.07 Å². The molecule has 0 saturated carbocycles. The van der Waals surface area contributed by atoms with Gasteiger partial charge < -0.3 is 4.74 Å². The molecule has 0 unspecified atom stereocenters. The smallest absolute Gasteiger partial charge is 0.339 e. The van der Waals surface area contributed by atoms with E-state index in [-0.39, 0.29) is 5.56 Å². The summed E-state index contributed by atoms with van der Waals surface area (Å²) in [5, 5.41) is 10.2. The minimum absolute atomic E-state index is 0.227. The fourth-order valence-electron chi connectivity index (χ4n) is 3.27. The highest BCUT2D eigenvalue weighted by Crippen LogP contribution is 2.32. The average molecular weight is 370 g/mol. The van der Waals surface area contributed by atoms with Gasteiger partial charge in [0, 0.05) is 16.5 Å². The van der Waals surface area contributed by atoms with Crippen molar-refractivity contribution < 1.29 is 19.1 Å². The first kappa shape index (κ1) is 17.4. The second-order valence-electron chi connectivity index (χ2n) is 6.38. The third-order valence-corrected chi connectivity index (χ3v) is 4.60. The number of carbonyl (C=O) groups excluding carboxylic acids is 3. The third-order valence-electron chi connectivity index (χ3n) is 4.60. The van der Waals surface area contributed by atoms with Gasteiger partial charge in [-0.15, -0.1) is 0 Å². The van der Waals surface area contributed by atoms with Crippen LogP contribution in [0.2, 0.25) is 0 Å². The molecule has 1 heterocycles. The Balaban J connectivity index is 1.71. The van der Waals surface area contributed by atoms with Crippen molar-refractivity contribution in [1.29, 1.82) is 5.26 Å². The van der Waals surface area contributed by atoms with Crippen LogP contribution in [0.25, 0.3) is 10.8 Å². The van der Waals surface area contributed by atoms with Crippen molar-refractivity contribution in [2.24, 2.45) is 0 Å². The zero-order chi connectivity index (χ0) is 19.8. The SMILES string of the molecule is C[C@H](C#N)OC(=O)c1ccc(N2C(=O)c3cccc4cccc(c34)C2=O)cc1. The van der Waals surface area contributed by atoms with Gasteiger partial charge in [-0.3, -0.25) is 9.59 Å². The number of hydrogen-bond acceptors (Lipinski definition) is 5. The Morgan fingerprint density at radius 2 is 1.54 bits per heavy atom. The average Bonchev–Trinajstić information content (AvgIpc) is 2.72. The van der Waals surface area contributed by atoms with E-state index in [1.165, 1.54) is 31.2 Å². The van der Waals surface area contributed by atoms with Gasteiger partial charge >= 0.3 is 5.97 Å². The van der Waals surface area contributed by atoms with Gasteiger partial charge in [0.2, 0.25) is 0 Å². The number of esters is 1. The summed E-state index contributed by atoms with van der Waals surface area (Å²) < 4.78 is 4.95. The Bertz CT molecular complexity index is 1120. The van der Waals surface area contributed by atoms with Crippen molar-refractivity contribution in [2.45, 2.75) is 13.0 Å². The first-order chi connectivity index (χ1) is 13.5. The van der Waals surface area contributed by atoms with E-state index in [4.69, 9.17) is 10.00 Å². The minimum Gasteiger partial charge on any atom is -0.444 e. The molecule has 6 nitrogen and oxygen atoms in total. The molecule has 0 N–H and O–H groups in total. The quantitative estimate of drug-likeness (QED) is 0.518. The van der Waals surface area contributed by atoms with Gasteiger partial charge in [-0.1, -0.05) is 24.3 Å². The van der Waals surface area contributed by atoms with Crippen LogP contribution in [0.15, 0.2) is 60.7 Å². The number of hydrogen-bond donors (Lipinski definition) is 0. The minimum atomic E-state index is -0.866. The highest BCUT2D eigenvalue weighted by Gasteiger charge is 2.33. The van der Waals surface area contributed by atoms with E-state index in [1.54, 1.807) is 24.3 Å². The third kappa shape index (κ3) is 2.70. The Hall–Kier alpha value is -3.98. The molecule has 0 aromatic heterocycles. The molecule has 0 fully saturated rings. The van der Waals surface area contributed by atoms with Gasteiger partial charge in [-0.25, -0.2) is 9.69 Å². The number of imide groups is 1. The van der Waals surface area contributed by atoms with Crippen molar-refractivity contribution >= 4 is 34.2 Å². The number of nitrogens with zero attached hydrogens (tertiary/aromatic N) is 2. The largest absolute Gasteiger partial charge is 0.444 e. The fraction of sp³-hybridized carbons (Fsp3) is 0.0909. The van der Waals surface area contributed by atoms with Gasteiger partial charge in [0.1, 0.15) is 6.07 Å². The number of amides is 2. The molecule has 4 rings (SSSR count). The normalized spacial score (nSPS) is 13.9. The zero-order valence-corrected chi connectivity index (χ0v) is 14.9. The van der Waals surface area contributed by atoms with Crippen LogP contribution < -0.4 is 4.90 Å². The molecule has 136 valence electrons. The van der Waals surface area contributed by atoms with Gasteiger partial charge in [-0.05, 0) is 48.7 Å². The van der Waals surface area contributed by atoms with Crippen LogP contribution in [0.5, 0.6) is 0 Å². The lowest BCUT2D eigenvalue weighted by Crippen LogP contribution is -2.40. The van der Waals surface area contributed by atoms with Gasteiger partial charge in [-0.2, -0.15) is 5.26 Å². The Morgan fingerprint density at radius 3 is 2.07 bits per heavy atom. The van der Waals surface area contributed by atoms with Crippen LogP contribution in [0.3, 0.4) is 0 Å². The summed E-state index contributed by atoms with van der Waals surface area (Å²) in [4.78, 5) is 39.1. The molecule has 3 aromatic carbocycles. The molecule has 0 spiro atoms. The maximum absolute atomic E-state index is 13.0. The Morgan fingerprint density at radius 1 is 0.964 bits per heavy atom. The van der Waals surface area contributed by atoms with E-state index >= 15 is 0 Å². The standard InChI is InChI=1S/C22H14N2O4/c1-13(12-23)28-22(27)15-8-10-16(11-9-15)24-20(25)17-6-2-4-14-5-3-7-18(19(14)17)21(24)26/h2-11,13H,1H3/t13-/m1/s1. The van der Waals surface area contributed by atoms with Gasteiger partial charge in [0.15, 0.2) is 6.10 Å². The molecule has 3 aromatic rings. The van der Waals surface area contributed by atoms with E-state index in [0.717, 1.165) is 10.3 Å². The predicted molar refractivity (Wildman–Crippen MR) is 102 cm³/mol. The number of carbonyl (C=O) groups is 3. The molecule has 2 amide bonds. The first-order valence-corrected chi connectivity index (χ1v) is 8.62. The Labute approximate surface area is 160 Å². The van der Waals surface area contributed by atoms with E-state index < -0.39 is 23.9 Å².